The molecule has 0 aromatic carbocycles. The maximum absolute atomic E-state index is 10.3. The second kappa shape index (κ2) is 13.8. The number of hydrogen-bond donors (Lipinski definition) is 2. The molecule has 0 aliphatic rings. The Hall–Kier alpha value is -0.120. The summed E-state index contributed by atoms with van der Waals surface area (Å²) in [5.41, 5.74) is -0.512. The minimum Gasteiger partial charge on any atom is -0.390 e. The van der Waals surface area contributed by atoms with Crippen LogP contribution in [0, 0.1) is 0 Å². The van der Waals surface area contributed by atoms with Gasteiger partial charge in [0, 0.05) is 13.7 Å². The van der Waals surface area contributed by atoms with Crippen LogP contribution in [0.25, 0.3) is 0 Å². The summed E-state index contributed by atoms with van der Waals surface area (Å²) in [6, 6.07) is 0. The SMILES string of the molecule is CCCCCCCCCCC(C)(O)CCNCCOC. The van der Waals surface area contributed by atoms with Gasteiger partial charge in [-0.15, -0.1) is 0 Å². The van der Waals surface area contributed by atoms with Crippen LogP contribution in [0.5, 0.6) is 0 Å². The Balaban J connectivity index is 3.33. The molecule has 0 heterocycles. The topological polar surface area (TPSA) is 41.5 Å². The highest BCUT2D eigenvalue weighted by Gasteiger charge is 2.18. The Bertz CT molecular complexity index is 195. The van der Waals surface area contributed by atoms with Crippen LogP contribution in [0.15, 0.2) is 0 Å². The monoisotopic (exact) mass is 287 g/mol. The average Bonchev–Trinajstić information content (AvgIpc) is 2.41. The number of unbranched alkanes of at least 4 members (excludes halogenated alkanes) is 7. The van der Waals surface area contributed by atoms with Crippen LogP contribution in [0.3, 0.4) is 0 Å². The van der Waals surface area contributed by atoms with E-state index in [4.69, 9.17) is 4.74 Å². The van der Waals surface area contributed by atoms with Gasteiger partial charge < -0.3 is 15.2 Å². The molecule has 0 aliphatic heterocycles. The molecule has 0 bridgehead atoms. The maximum atomic E-state index is 10.3. The van der Waals surface area contributed by atoms with Gasteiger partial charge in [0.05, 0.1) is 12.2 Å². The van der Waals surface area contributed by atoms with Crippen molar-refractivity contribution in [2.75, 3.05) is 26.8 Å². The number of aliphatic hydroxyl groups is 1. The molecule has 0 rings (SSSR count). The Morgan fingerprint density at radius 3 is 2.10 bits per heavy atom. The van der Waals surface area contributed by atoms with Crippen LogP contribution >= 0.6 is 0 Å². The number of rotatable bonds is 15. The van der Waals surface area contributed by atoms with Crippen molar-refractivity contribution in [1.82, 2.24) is 5.32 Å². The quantitative estimate of drug-likeness (QED) is 0.449. The molecule has 0 radical (unpaired) electrons. The molecule has 2 N–H and O–H groups in total. The molecule has 0 spiro atoms. The van der Waals surface area contributed by atoms with Gasteiger partial charge in [0.2, 0.25) is 0 Å². The van der Waals surface area contributed by atoms with E-state index in [1.54, 1.807) is 7.11 Å². The van der Waals surface area contributed by atoms with Gasteiger partial charge in [0.15, 0.2) is 0 Å². The van der Waals surface area contributed by atoms with Gasteiger partial charge in [-0.2, -0.15) is 0 Å². The van der Waals surface area contributed by atoms with Crippen molar-refractivity contribution in [3.8, 4) is 0 Å². The third-order valence-electron chi connectivity index (χ3n) is 3.89. The van der Waals surface area contributed by atoms with Crippen LogP contribution in [0.2, 0.25) is 0 Å². The summed E-state index contributed by atoms with van der Waals surface area (Å²) in [5, 5.41) is 13.6. The highest BCUT2D eigenvalue weighted by Crippen LogP contribution is 2.19. The molecule has 20 heavy (non-hydrogen) atoms. The summed E-state index contributed by atoms with van der Waals surface area (Å²) in [5.74, 6) is 0. The average molecular weight is 287 g/mol. The standard InChI is InChI=1S/C17H37NO2/c1-4-5-6-7-8-9-10-11-12-17(2,19)13-14-18-15-16-20-3/h18-19H,4-16H2,1-3H3. The van der Waals surface area contributed by atoms with Crippen molar-refractivity contribution in [2.24, 2.45) is 0 Å². The van der Waals surface area contributed by atoms with Crippen molar-refractivity contribution in [3.63, 3.8) is 0 Å². The van der Waals surface area contributed by atoms with Crippen LogP contribution in [-0.2, 0) is 4.74 Å². The summed E-state index contributed by atoms with van der Waals surface area (Å²) < 4.78 is 4.98. The lowest BCUT2D eigenvalue weighted by atomic mass is 9.94. The predicted molar refractivity (Wildman–Crippen MR) is 87.2 cm³/mol. The minimum atomic E-state index is -0.512. The third-order valence-corrected chi connectivity index (χ3v) is 3.89. The lowest BCUT2D eigenvalue weighted by Crippen LogP contribution is -2.31. The van der Waals surface area contributed by atoms with Crippen molar-refractivity contribution < 1.29 is 9.84 Å². The normalized spacial score (nSPS) is 14.4. The summed E-state index contributed by atoms with van der Waals surface area (Å²) in [6.07, 6.45) is 12.3. The lowest BCUT2D eigenvalue weighted by Gasteiger charge is -2.23. The molecule has 3 nitrogen and oxygen atoms in total. The summed E-state index contributed by atoms with van der Waals surface area (Å²) in [6.45, 7) is 6.69. The number of ether oxygens (including phenoxy) is 1. The highest BCUT2D eigenvalue weighted by atomic mass is 16.5. The van der Waals surface area contributed by atoms with Gasteiger partial charge in [-0.05, 0) is 26.3 Å². The first-order valence-corrected chi connectivity index (χ1v) is 8.54. The molecule has 0 amide bonds. The zero-order chi connectivity index (χ0) is 15.1. The summed E-state index contributed by atoms with van der Waals surface area (Å²) >= 11 is 0. The molecule has 1 atom stereocenters. The molecule has 3 heteroatoms. The molecule has 0 saturated heterocycles. The summed E-state index contributed by atoms with van der Waals surface area (Å²) in [7, 11) is 1.71. The first kappa shape index (κ1) is 19.9. The van der Waals surface area contributed by atoms with Crippen molar-refractivity contribution in [3.05, 3.63) is 0 Å². The maximum Gasteiger partial charge on any atom is 0.0631 e. The van der Waals surface area contributed by atoms with E-state index in [9.17, 15) is 5.11 Å². The van der Waals surface area contributed by atoms with Gasteiger partial charge in [-0.3, -0.25) is 0 Å². The van der Waals surface area contributed by atoms with E-state index >= 15 is 0 Å². The zero-order valence-corrected chi connectivity index (χ0v) is 14.0. The van der Waals surface area contributed by atoms with Crippen LogP contribution < -0.4 is 5.32 Å². The minimum absolute atomic E-state index is 0.512. The zero-order valence-electron chi connectivity index (χ0n) is 14.0. The van der Waals surface area contributed by atoms with E-state index in [1.807, 2.05) is 6.92 Å². The number of nitrogens with one attached hydrogen (secondary N) is 1. The fourth-order valence-corrected chi connectivity index (χ4v) is 2.42. The van der Waals surface area contributed by atoms with Crippen molar-refractivity contribution in [2.45, 2.75) is 83.7 Å². The molecular formula is C17H37NO2. The predicted octanol–water partition coefficient (Wildman–Crippen LogP) is 3.89. The van der Waals surface area contributed by atoms with E-state index in [1.165, 1.54) is 44.9 Å². The van der Waals surface area contributed by atoms with Gasteiger partial charge in [0.25, 0.3) is 0 Å². The molecular weight excluding hydrogens is 250 g/mol. The Kier molecular flexibility index (Phi) is 13.8. The third kappa shape index (κ3) is 14.3. The second-order valence-corrected chi connectivity index (χ2v) is 6.21. The van der Waals surface area contributed by atoms with Gasteiger partial charge in [-0.25, -0.2) is 0 Å². The summed E-state index contributed by atoms with van der Waals surface area (Å²) in [4.78, 5) is 0. The largest absolute Gasteiger partial charge is 0.390 e. The molecule has 0 aromatic heterocycles. The Morgan fingerprint density at radius 2 is 1.50 bits per heavy atom. The molecule has 0 aliphatic carbocycles. The fraction of sp³-hybridized carbons (Fsp3) is 1.00. The van der Waals surface area contributed by atoms with Crippen LogP contribution in [0.1, 0.15) is 78.1 Å². The van der Waals surface area contributed by atoms with E-state index in [0.29, 0.717) is 0 Å². The Morgan fingerprint density at radius 1 is 0.900 bits per heavy atom. The van der Waals surface area contributed by atoms with E-state index in [-0.39, 0.29) is 0 Å². The molecule has 1 unspecified atom stereocenters. The van der Waals surface area contributed by atoms with Crippen molar-refractivity contribution >= 4 is 0 Å². The van der Waals surface area contributed by atoms with Gasteiger partial charge in [0.1, 0.15) is 0 Å². The smallest absolute Gasteiger partial charge is 0.0631 e. The van der Waals surface area contributed by atoms with E-state index < -0.39 is 5.60 Å². The molecule has 122 valence electrons. The number of hydrogen-bond acceptors (Lipinski definition) is 3. The van der Waals surface area contributed by atoms with E-state index in [2.05, 4.69) is 12.2 Å². The van der Waals surface area contributed by atoms with E-state index in [0.717, 1.165) is 39.0 Å². The van der Waals surface area contributed by atoms with Crippen molar-refractivity contribution in [1.29, 1.82) is 0 Å². The highest BCUT2D eigenvalue weighted by molar-refractivity contribution is 4.73. The van der Waals surface area contributed by atoms with Gasteiger partial charge in [-0.1, -0.05) is 58.3 Å². The fourth-order valence-electron chi connectivity index (χ4n) is 2.42. The van der Waals surface area contributed by atoms with Crippen LogP contribution in [0.4, 0.5) is 0 Å². The van der Waals surface area contributed by atoms with Gasteiger partial charge >= 0.3 is 0 Å². The molecule has 0 fully saturated rings. The van der Waals surface area contributed by atoms with Crippen LogP contribution in [-0.4, -0.2) is 37.5 Å². The lowest BCUT2D eigenvalue weighted by molar-refractivity contribution is 0.0391. The molecule has 0 saturated carbocycles. The first-order chi connectivity index (χ1) is 9.62. The number of methoxy groups -OCH3 is 1. The Labute approximate surface area is 126 Å². The second-order valence-electron chi connectivity index (χ2n) is 6.21. The first-order valence-electron chi connectivity index (χ1n) is 8.54. The molecule has 0 aromatic rings.